The van der Waals surface area contributed by atoms with E-state index in [1.54, 1.807) is 72.8 Å². The highest BCUT2D eigenvalue weighted by Crippen LogP contribution is 2.22. The lowest BCUT2D eigenvalue weighted by Gasteiger charge is -2.22. The van der Waals surface area contributed by atoms with Crippen LogP contribution in [0.5, 0.6) is 5.75 Å². The Hall–Kier alpha value is -4.61. The van der Waals surface area contributed by atoms with E-state index in [4.69, 9.17) is 20.8 Å². The molecule has 0 unspecified atom stereocenters. The van der Waals surface area contributed by atoms with Gasteiger partial charge in [0.15, 0.2) is 6.61 Å². The van der Waals surface area contributed by atoms with Gasteiger partial charge in [0, 0.05) is 10.6 Å². The minimum Gasteiger partial charge on any atom is -0.484 e. The highest BCUT2D eigenvalue weighted by Gasteiger charge is 2.18. The standard InChI is InChI=1S/C29H27ClN4O6S/c1-41(37,38)34(19-22-4-10-24(30)11-5-22)25-12-8-23(9-13-25)29(36)33-32-17-21-6-14-26(15-7-21)40-20-28(35)31-18-27-3-2-16-39-27/h2-17H,18-20H2,1H3,(H,31,35)(H,33,36). The molecule has 0 spiro atoms. The average Bonchev–Trinajstić information content (AvgIpc) is 3.49. The lowest BCUT2D eigenvalue weighted by atomic mass is 10.2. The lowest BCUT2D eigenvalue weighted by Crippen LogP contribution is -2.29. The number of nitrogens with one attached hydrogen (secondary N) is 2. The van der Waals surface area contributed by atoms with E-state index in [2.05, 4.69) is 15.8 Å². The Morgan fingerprint density at radius 2 is 1.71 bits per heavy atom. The zero-order valence-electron chi connectivity index (χ0n) is 22.0. The highest BCUT2D eigenvalue weighted by molar-refractivity contribution is 7.92. The normalized spacial score (nSPS) is 11.3. The molecule has 0 radical (unpaired) electrons. The van der Waals surface area contributed by atoms with Crippen LogP contribution in [-0.2, 0) is 27.9 Å². The number of sulfonamides is 1. The monoisotopic (exact) mass is 594 g/mol. The van der Waals surface area contributed by atoms with Crippen LogP contribution in [0.25, 0.3) is 0 Å². The maximum Gasteiger partial charge on any atom is 0.271 e. The molecule has 2 N–H and O–H groups in total. The van der Waals surface area contributed by atoms with E-state index in [-0.39, 0.29) is 25.6 Å². The van der Waals surface area contributed by atoms with E-state index in [1.807, 2.05) is 0 Å². The zero-order chi connectivity index (χ0) is 29.2. The smallest absolute Gasteiger partial charge is 0.271 e. The second-order valence-electron chi connectivity index (χ2n) is 8.86. The molecule has 1 heterocycles. The topological polar surface area (TPSA) is 130 Å². The highest BCUT2D eigenvalue weighted by atomic mass is 35.5. The van der Waals surface area contributed by atoms with Crippen LogP contribution in [0.15, 0.2) is 101 Å². The second-order valence-corrected chi connectivity index (χ2v) is 11.2. The number of benzene rings is 3. The molecule has 0 atom stereocenters. The molecule has 0 bridgehead atoms. The van der Waals surface area contributed by atoms with Gasteiger partial charge < -0.3 is 14.5 Å². The first-order valence-corrected chi connectivity index (χ1v) is 14.6. The molecular weight excluding hydrogens is 568 g/mol. The van der Waals surface area contributed by atoms with Gasteiger partial charge in [-0.1, -0.05) is 23.7 Å². The molecule has 3 aromatic carbocycles. The molecule has 10 nitrogen and oxygen atoms in total. The van der Waals surface area contributed by atoms with E-state index in [9.17, 15) is 18.0 Å². The minimum absolute atomic E-state index is 0.120. The molecule has 0 fully saturated rings. The van der Waals surface area contributed by atoms with Crippen LogP contribution >= 0.6 is 11.6 Å². The van der Waals surface area contributed by atoms with Crippen molar-refractivity contribution >= 4 is 45.3 Å². The number of hydrazone groups is 1. The van der Waals surface area contributed by atoms with Gasteiger partial charge in [-0.05, 0) is 83.9 Å². The van der Waals surface area contributed by atoms with Gasteiger partial charge >= 0.3 is 0 Å². The van der Waals surface area contributed by atoms with Gasteiger partial charge in [-0.3, -0.25) is 13.9 Å². The molecule has 0 saturated carbocycles. The van der Waals surface area contributed by atoms with Crippen molar-refractivity contribution in [3.63, 3.8) is 0 Å². The van der Waals surface area contributed by atoms with Crippen molar-refractivity contribution < 1.29 is 27.2 Å². The number of carbonyl (C=O) groups is 2. The van der Waals surface area contributed by atoms with Gasteiger partial charge in [0.2, 0.25) is 10.0 Å². The summed E-state index contributed by atoms with van der Waals surface area (Å²) in [6, 6.07) is 23.4. The number of rotatable bonds is 12. The third-order valence-electron chi connectivity index (χ3n) is 5.73. The molecule has 4 aromatic rings. The van der Waals surface area contributed by atoms with Crippen molar-refractivity contribution in [1.82, 2.24) is 10.7 Å². The SMILES string of the molecule is CS(=O)(=O)N(Cc1ccc(Cl)cc1)c1ccc(C(=O)NN=Cc2ccc(OCC(=O)NCc3ccco3)cc2)cc1. The molecule has 2 amide bonds. The zero-order valence-corrected chi connectivity index (χ0v) is 23.6. The number of amides is 2. The third-order valence-corrected chi connectivity index (χ3v) is 7.12. The lowest BCUT2D eigenvalue weighted by molar-refractivity contribution is -0.123. The predicted octanol–water partition coefficient (Wildman–Crippen LogP) is 4.36. The molecule has 4 rings (SSSR count). The number of anilines is 1. The summed E-state index contributed by atoms with van der Waals surface area (Å²) in [4.78, 5) is 24.4. The van der Waals surface area contributed by atoms with Crippen molar-refractivity contribution in [2.24, 2.45) is 5.10 Å². The Kier molecular flexibility index (Phi) is 9.77. The van der Waals surface area contributed by atoms with Crippen LogP contribution in [0.1, 0.15) is 27.2 Å². The quantitative estimate of drug-likeness (QED) is 0.185. The molecule has 0 aliphatic heterocycles. The average molecular weight is 595 g/mol. The van der Waals surface area contributed by atoms with Crippen molar-refractivity contribution in [3.05, 3.63) is 119 Å². The summed E-state index contributed by atoms with van der Waals surface area (Å²) in [5.74, 6) is 0.402. The van der Waals surface area contributed by atoms with E-state index < -0.39 is 15.9 Å². The molecule has 0 aliphatic carbocycles. The summed E-state index contributed by atoms with van der Waals surface area (Å²) in [5, 5.41) is 7.23. The van der Waals surface area contributed by atoms with Crippen molar-refractivity contribution in [2.75, 3.05) is 17.2 Å². The maximum atomic E-state index is 12.5. The largest absolute Gasteiger partial charge is 0.484 e. The number of carbonyl (C=O) groups excluding carboxylic acids is 2. The molecule has 1 aromatic heterocycles. The van der Waals surface area contributed by atoms with Crippen molar-refractivity contribution in [2.45, 2.75) is 13.1 Å². The van der Waals surface area contributed by atoms with E-state index in [0.717, 1.165) is 11.8 Å². The molecule has 0 aliphatic rings. The van der Waals surface area contributed by atoms with Crippen molar-refractivity contribution in [1.29, 1.82) is 0 Å². The predicted molar refractivity (Wildman–Crippen MR) is 156 cm³/mol. The fourth-order valence-electron chi connectivity index (χ4n) is 3.61. The summed E-state index contributed by atoms with van der Waals surface area (Å²) >= 11 is 5.92. The van der Waals surface area contributed by atoms with Gasteiger partial charge in [0.1, 0.15) is 11.5 Å². The summed E-state index contributed by atoms with van der Waals surface area (Å²) in [6.07, 6.45) is 4.12. The van der Waals surface area contributed by atoms with Crippen LogP contribution in [-0.4, -0.2) is 39.3 Å². The van der Waals surface area contributed by atoms with E-state index in [0.29, 0.717) is 33.3 Å². The number of nitrogens with zero attached hydrogens (tertiary/aromatic N) is 2. The molecule has 12 heteroatoms. The van der Waals surface area contributed by atoms with Crippen molar-refractivity contribution in [3.8, 4) is 5.75 Å². The fourth-order valence-corrected chi connectivity index (χ4v) is 4.63. The van der Waals surface area contributed by atoms with Gasteiger partial charge in [-0.2, -0.15) is 5.10 Å². The van der Waals surface area contributed by atoms with Crippen LogP contribution in [0.3, 0.4) is 0 Å². The summed E-state index contributed by atoms with van der Waals surface area (Å²) in [6.45, 7) is 0.255. The number of ether oxygens (including phenoxy) is 1. The number of hydrogen-bond acceptors (Lipinski definition) is 7. The molecule has 212 valence electrons. The number of furan rings is 1. The number of halogens is 1. The Balaban J connectivity index is 1.27. The Bertz CT molecular complexity index is 1590. The number of hydrogen-bond donors (Lipinski definition) is 2. The van der Waals surface area contributed by atoms with Crippen LogP contribution in [0.2, 0.25) is 5.02 Å². The first kappa shape index (κ1) is 29.4. The van der Waals surface area contributed by atoms with E-state index >= 15 is 0 Å². The second kappa shape index (κ2) is 13.6. The van der Waals surface area contributed by atoms with Crippen LogP contribution in [0, 0.1) is 0 Å². The van der Waals surface area contributed by atoms with Gasteiger partial charge in [0.05, 0.1) is 37.5 Å². The molecule has 0 saturated heterocycles. The molecular formula is C29H27ClN4O6S. The van der Waals surface area contributed by atoms with Gasteiger partial charge in [-0.15, -0.1) is 0 Å². The first-order chi connectivity index (χ1) is 19.7. The van der Waals surface area contributed by atoms with Crippen LogP contribution < -0.4 is 19.8 Å². The van der Waals surface area contributed by atoms with Crippen LogP contribution in [0.4, 0.5) is 5.69 Å². The van der Waals surface area contributed by atoms with E-state index in [1.165, 1.54) is 28.9 Å². The maximum absolute atomic E-state index is 12.5. The van der Waals surface area contributed by atoms with Gasteiger partial charge in [-0.25, -0.2) is 13.8 Å². The Morgan fingerprint density at radius 3 is 2.34 bits per heavy atom. The summed E-state index contributed by atoms with van der Waals surface area (Å²) in [7, 11) is -3.58. The first-order valence-electron chi connectivity index (χ1n) is 12.3. The summed E-state index contributed by atoms with van der Waals surface area (Å²) < 4.78 is 36.7. The Morgan fingerprint density at radius 1 is 1.00 bits per heavy atom. The van der Waals surface area contributed by atoms with Gasteiger partial charge in [0.25, 0.3) is 11.8 Å². The molecule has 41 heavy (non-hydrogen) atoms. The minimum atomic E-state index is -3.58. The third kappa shape index (κ3) is 8.95. The summed E-state index contributed by atoms with van der Waals surface area (Å²) in [5.41, 5.74) is 4.63. The Labute approximate surface area is 242 Å². The fraction of sp³-hybridized carbons (Fsp3) is 0.138.